The normalized spacial score (nSPS) is 10.9. The zero-order chi connectivity index (χ0) is 11.6. The Balaban J connectivity index is 3.45. The van der Waals surface area contributed by atoms with Crippen LogP contribution in [0.3, 0.4) is 0 Å². The number of ether oxygens (including phenoxy) is 1. The highest BCUT2D eigenvalue weighted by Gasteiger charge is 2.26. The van der Waals surface area contributed by atoms with Crippen LogP contribution in [0.4, 0.5) is 0 Å². The standard InChI is InChI=1S/C11H11BrClNO/c1-11(2,6-14)7-4-5-8(12)9(13)10(7)15-3/h4-5H,1-3H3. The Bertz CT molecular complexity index is 423. The van der Waals surface area contributed by atoms with Crippen molar-refractivity contribution in [2.75, 3.05) is 7.11 Å². The van der Waals surface area contributed by atoms with Crippen LogP contribution in [0.15, 0.2) is 16.6 Å². The number of methoxy groups -OCH3 is 1. The summed E-state index contributed by atoms with van der Waals surface area (Å²) in [6.07, 6.45) is 0. The number of hydrogen-bond acceptors (Lipinski definition) is 2. The van der Waals surface area contributed by atoms with E-state index >= 15 is 0 Å². The van der Waals surface area contributed by atoms with Crippen molar-refractivity contribution in [3.8, 4) is 11.8 Å². The molecule has 0 saturated heterocycles. The molecule has 0 aliphatic rings. The van der Waals surface area contributed by atoms with Gasteiger partial charge in [-0.05, 0) is 35.8 Å². The minimum atomic E-state index is -0.615. The highest BCUT2D eigenvalue weighted by atomic mass is 79.9. The Hall–Kier alpha value is -0.720. The van der Waals surface area contributed by atoms with Crippen LogP contribution in [-0.2, 0) is 5.41 Å². The van der Waals surface area contributed by atoms with Gasteiger partial charge in [0.05, 0.1) is 23.6 Å². The van der Waals surface area contributed by atoms with Crippen molar-refractivity contribution in [3.63, 3.8) is 0 Å². The zero-order valence-corrected chi connectivity index (χ0v) is 11.1. The van der Waals surface area contributed by atoms with E-state index in [2.05, 4.69) is 22.0 Å². The summed E-state index contributed by atoms with van der Waals surface area (Å²) in [5, 5.41) is 9.57. The summed E-state index contributed by atoms with van der Waals surface area (Å²) in [6.45, 7) is 3.66. The highest BCUT2D eigenvalue weighted by Crippen LogP contribution is 2.40. The maximum atomic E-state index is 9.07. The topological polar surface area (TPSA) is 33.0 Å². The quantitative estimate of drug-likeness (QED) is 0.826. The fourth-order valence-corrected chi connectivity index (χ4v) is 1.84. The fraction of sp³-hybridized carbons (Fsp3) is 0.364. The van der Waals surface area contributed by atoms with Crippen molar-refractivity contribution in [3.05, 3.63) is 27.2 Å². The predicted octanol–water partition coefficient (Wildman–Crippen LogP) is 3.91. The number of rotatable bonds is 2. The molecule has 80 valence electrons. The molecule has 0 N–H and O–H groups in total. The molecule has 0 spiro atoms. The van der Waals surface area contributed by atoms with E-state index < -0.39 is 5.41 Å². The molecule has 0 aliphatic carbocycles. The lowest BCUT2D eigenvalue weighted by Gasteiger charge is -2.20. The van der Waals surface area contributed by atoms with Gasteiger partial charge in [-0.3, -0.25) is 0 Å². The molecule has 0 unspecified atom stereocenters. The van der Waals surface area contributed by atoms with Gasteiger partial charge < -0.3 is 4.74 Å². The van der Waals surface area contributed by atoms with Gasteiger partial charge in [0.1, 0.15) is 5.75 Å². The van der Waals surface area contributed by atoms with E-state index in [9.17, 15) is 0 Å². The van der Waals surface area contributed by atoms with E-state index in [1.807, 2.05) is 26.0 Å². The minimum absolute atomic E-state index is 0.498. The second kappa shape index (κ2) is 4.42. The van der Waals surface area contributed by atoms with Crippen LogP contribution in [0.1, 0.15) is 19.4 Å². The molecule has 0 fully saturated rings. The van der Waals surface area contributed by atoms with Gasteiger partial charge in [0.15, 0.2) is 0 Å². The molecule has 0 radical (unpaired) electrons. The Morgan fingerprint density at radius 2 is 2.07 bits per heavy atom. The third-order valence-electron chi connectivity index (χ3n) is 2.21. The number of halogens is 2. The first-order valence-electron chi connectivity index (χ1n) is 4.37. The smallest absolute Gasteiger partial charge is 0.143 e. The molecule has 0 aromatic heterocycles. The first kappa shape index (κ1) is 12.4. The second-order valence-electron chi connectivity index (χ2n) is 3.68. The summed E-state index contributed by atoms with van der Waals surface area (Å²) < 4.78 is 5.99. The van der Waals surface area contributed by atoms with Crippen LogP contribution in [0.25, 0.3) is 0 Å². The molecule has 0 bridgehead atoms. The van der Waals surface area contributed by atoms with Gasteiger partial charge >= 0.3 is 0 Å². The average Bonchev–Trinajstić information content (AvgIpc) is 2.21. The molecule has 0 aliphatic heterocycles. The van der Waals surface area contributed by atoms with Crippen LogP contribution in [0.2, 0.25) is 5.02 Å². The monoisotopic (exact) mass is 287 g/mol. The van der Waals surface area contributed by atoms with E-state index in [0.29, 0.717) is 10.8 Å². The van der Waals surface area contributed by atoms with Gasteiger partial charge in [0.25, 0.3) is 0 Å². The van der Waals surface area contributed by atoms with E-state index in [-0.39, 0.29) is 0 Å². The average molecular weight is 289 g/mol. The lowest BCUT2D eigenvalue weighted by molar-refractivity contribution is 0.403. The van der Waals surface area contributed by atoms with Crippen LogP contribution < -0.4 is 4.74 Å². The Kier molecular flexibility index (Phi) is 3.64. The molecule has 0 amide bonds. The van der Waals surface area contributed by atoms with Crippen molar-refractivity contribution in [1.82, 2.24) is 0 Å². The number of nitriles is 1. The summed E-state index contributed by atoms with van der Waals surface area (Å²) in [6, 6.07) is 5.89. The third-order valence-corrected chi connectivity index (χ3v) is 3.47. The second-order valence-corrected chi connectivity index (χ2v) is 4.91. The van der Waals surface area contributed by atoms with E-state index in [1.165, 1.54) is 0 Å². The summed E-state index contributed by atoms with van der Waals surface area (Å²) in [5.41, 5.74) is 0.177. The van der Waals surface area contributed by atoms with Gasteiger partial charge in [0.2, 0.25) is 0 Å². The number of nitrogens with zero attached hydrogens (tertiary/aromatic N) is 1. The van der Waals surface area contributed by atoms with Gasteiger partial charge in [0, 0.05) is 10.0 Å². The SMILES string of the molecule is COc1c(C(C)(C)C#N)ccc(Br)c1Cl. The van der Waals surface area contributed by atoms with Gasteiger partial charge in [-0.1, -0.05) is 17.7 Å². The molecule has 4 heteroatoms. The maximum absolute atomic E-state index is 9.07. The van der Waals surface area contributed by atoms with Gasteiger partial charge in [-0.2, -0.15) is 5.26 Å². The molecule has 1 aromatic carbocycles. The minimum Gasteiger partial charge on any atom is -0.495 e. The summed E-state index contributed by atoms with van der Waals surface area (Å²) in [5.74, 6) is 0.553. The first-order chi connectivity index (χ1) is 6.94. The fourth-order valence-electron chi connectivity index (χ4n) is 1.28. The molecule has 1 rings (SSSR count). The van der Waals surface area contributed by atoms with Crippen molar-refractivity contribution >= 4 is 27.5 Å². The molecule has 0 heterocycles. The number of hydrogen-bond donors (Lipinski definition) is 0. The molecular formula is C11H11BrClNO. The Morgan fingerprint density at radius 3 is 2.53 bits per heavy atom. The molecule has 15 heavy (non-hydrogen) atoms. The molecular weight excluding hydrogens is 277 g/mol. The van der Waals surface area contributed by atoms with Crippen molar-refractivity contribution in [2.24, 2.45) is 0 Å². The molecule has 1 aromatic rings. The molecule has 0 atom stereocenters. The Morgan fingerprint density at radius 1 is 1.47 bits per heavy atom. The van der Waals surface area contributed by atoms with Gasteiger partial charge in [-0.25, -0.2) is 0 Å². The Labute approximate surface area is 103 Å². The number of benzene rings is 1. The summed E-state index contributed by atoms with van der Waals surface area (Å²) >= 11 is 9.40. The van der Waals surface area contributed by atoms with Crippen LogP contribution in [0, 0.1) is 11.3 Å². The van der Waals surface area contributed by atoms with Crippen molar-refractivity contribution < 1.29 is 4.74 Å². The van der Waals surface area contributed by atoms with Crippen LogP contribution in [-0.4, -0.2) is 7.11 Å². The highest BCUT2D eigenvalue weighted by molar-refractivity contribution is 9.10. The van der Waals surface area contributed by atoms with Gasteiger partial charge in [-0.15, -0.1) is 0 Å². The lowest BCUT2D eigenvalue weighted by Crippen LogP contribution is -2.15. The van der Waals surface area contributed by atoms with Crippen LogP contribution in [0.5, 0.6) is 5.75 Å². The molecule has 0 saturated carbocycles. The summed E-state index contributed by atoms with van der Waals surface area (Å²) in [7, 11) is 1.55. The largest absolute Gasteiger partial charge is 0.495 e. The predicted molar refractivity (Wildman–Crippen MR) is 64.3 cm³/mol. The lowest BCUT2D eigenvalue weighted by atomic mass is 9.86. The molecule has 2 nitrogen and oxygen atoms in total. The van der Waals surface area contributed by atoms with Crippen LogP contribution >= 0.6 is 27.5 Å². The van der Waals surface area contributed by atoms with Crippen molar-refractivity contribution in [1.29, 1.82) is 5.26 Å². The maximum Gasteiger partial charge on any atom is 0.143 e. The summed E-state index contributed by atoms with van der Waals surface area (Å²) in [4.78, 5) is 0. The first-order valence-corrected chi connectivity index (χ1v) is 5.55. The van der Waals surface area contributed by atoms with E-state index in [1.54, 1.807) is 7.11 Å². The van der Waals surface area contributed by atoms with E-state index in [0.717, 1.165) is 10.0 Å². The van der Waals surface area contributed by atoms with Crippen molar-refractivity contribution in [2.45, 2.75) is 19.3 Å². The van der Waals surface area contributed by atoms with E-state index in [4.69, 9.17) is 21.6 Å². The zero-order valence-electron chi connectivity index (χ0n) is 8.77. The third kappa shape index (κ3) is 2.27.